The number of ether oxygens (including phenoxy) is 2. The summed E-state index contributed by atoms with van der Waals surface area (Å²) in [6, 6.07) is 2.04. The van der Waals surface area contributed by atoms with Gasteiger partial charge in [0, 0.05) is 39.4 Å². The second-order valence-electron chi connectivity index (χ2n) is 10.3. The summed E-state index contributed by atoms with van der Waals surface area (Å²) in [5.74, 6) is 0. The lowest BCUT2D eigenvalue weighted by Gasteiger charge is -2.34. The van der Waals surface area contributed by atoms with Crippen molar-refractivity contribution < 1.29 is 34.0 Å². The zero-order valence-corrected chi connectivity index (χ0v) is 24.0. The van der Waals surface area contributed by atoms with Gasteiger partial charge in [-0.25, -0.2) is 0 Å². The van der Waals surface area contributed by atoms with Crippen molar-refractivity contribution in [1.82, 2.24) is 9.80 Å². The summed E-state index contributed by atoms with van der Waals surface area (Å²) in [6.07, 6.45) is 0.766. The molecule has 9 nitrogen and oxygen atoms in total. The summed E-state index contributed by atoms with van der Waals surface area (Å²) >= 11 is 0. The molecular formula is C22H52N2O7Si2. The van der Waals surface area contributed by atoms with Gasteiger partial charge in [-0.15, -0.1) is 0 Å². The van der Waals surface area contributed by atoms with Gasteiger partial charge >= 0.3 is 0 Å². The molecule has 0 saturated carbocycles. The van der Waals surface area contributed by atoms with E-state index in [1.54, 1.807) is 0 Å². The van der Waals surface area contributed by atoms with Gasteiger partial charge in [0.15, 0.2) is 16.6 Å². The van der Waals surface area contributed by atoms with Crippen LogP contribution in [0.4, 0.5) is 0 Å². The first-order valence-corrected chi connectivity index (χ1v) is 18.4. The van der Waals surface area contributed by atoms with Crippen molar-refractivity contribution in [3.63, 3.8) is 0 Å². The maximum absolute atomic E-state index is 9.98. The zero-order valence-electron chi connectivity index (χ0n) is 22.0. The van der Waals surface area contributed by atoms with E-state index < -0.39 is 28.8 Å². The molecule has 0 aromatic heterocycles. The average molecular weight is 513 g/mol. The second-order valence-corrected chi connectivity index (χ2v) is 19.1. The molecule has 0 aromatic carbocycles. The SMILES string of the molecule is CN(CCO)CC(O)COCCC[Si](C)(C)O[Si](C)(C)CCCOCC(O)CN(C)CCO. The van der Waals surface area contributed by atoms with Crippen LogP contribution in [-0.2, 0) is 13.6 Å². The molecule has 0 amide bonds. The van der Waals surface area contributed by atoms with Crippen molar-refractivity contribution in [3.05, 3.63) is 0 Å². The van der Waals surface area contributed by atoms with E-state index in [-0.39, 0.29) is 13.2 Å². The fourth-order valence-corrected chi connectivity index (χ4v) is 12.6. The van der Waals surface area contributed by atoms with E-state index in [0.717, 1.165) is 24.9 Å². The van der Waals surface area contributed by atoms with Crippen molar-refractivity contribution in [3.8, 4) is 0 Å². The summed E-state index contributed by atoms with van der Waals surface area (Å²) in [4.78, 5) is 3.77. The number of aliphatic hydroxyl groups excluding tert-OH is 4. The van der Waals surface area contributed by atoms with E-state index in [0.29, 0.717) is 52.6 Å². The molecule has 0 spiro atoms. The van der Waals surface area contributed by atoms with Crippen LogP contribution >= 0.6 is 0 Å². The standard InChI is InChI=1S/C22H52N2O7Si2/c1-23(9-11-25)17-21(27)19-29-13-7-15-32(3,4)31-33(5,6)16-8-14-30-20-22(28)18-24(2)10-12-26/h21-22,25-28H,7-20H2,1-6H3. The first-order valence-electron chi connectivity index (χ1n) is 12.2. The molecule has 0 aliphatic heterocycles. The Morgan fingerprint density at radius 2 is 1.06 bits per heavy atom. The normalized spacial score (nSPS) is 14.9. The first-order chi connectivity index (χ1) is 15.4. The summed E-state index contributed by atoms with van der Waals surface area (Å²) in [5, 5.41) is 37.8. The van der Waals surface area contributed by atoms with E-state index in [9.17, 15) is 10.2 Å². The molecule has 200 valence electrons. The molecule has 0 aliphatic carbocycles. The smallest absolute Gasteiger partial charge is 0.173 e. The van der Waals surface area contributed by atoms with Gasteiger partial charge in [-0.1, -0.05) is 0 Å². The zero-order chi connectivity index (χ0) is 25.3. The van der Waals surface area contributed by atoms with Gasteiger partial charge in [0.2, 0.25) is 0 Å². The second kappa shape index (κ2) is 18.4. The monoisotopic (exact) mass is 512 g/mol. The Hall–Kier alpha value is 0.0738. The molecule has 0 fully saturated rings. The highest BCUT2D eigenvalue weighted by Crippen LogP contribution is 2.23. The molecule has 0 rings (SSSR count). The van der Waals surface area contributed by atoms with Crippen LogP contribution in [-0.4, -0.2) is 139 Å². The summed E-state index contributed by atoms with van der Waals surface area (Å²) in [6.45, 7) is 13.1. The Bertz CT molecular complexity index is 436. The molecule has 4 N–H and O–H groups in total. The van der Waals surface area contributed by atoms with Crippen LogP contribution in [0.1, 0.15) is 12.8 Å². The van der Waals surface area contributed by atoms with Crippen molar-refractivity contribution in [2.45, 2.75) is 63.3 Å². The number of hydrogen-bond donors (Lipinski definition) is 4. The lowest BCUT2D eigenvalue weighted by molar-refractivity contribution is 0.0188. The highest BCUT2D eigenvalue weighted by molar-refractivity contribution is 6.84. The Balaban J connectivity index is 3.97. The first kappa shape index (κ1) is 33.1. The van der Waals surface area contributed by atoms with Crippen molar-refractivity contribution in [2.75, 3.05) is 79.9 Å². The van der Waals surface area contributed by atoms with E-state index in [1.807, 2.05) is 23.9 Å². The summed E-state index contributed by atoms with van der Waals surface area (Å²) in [7, 11) is 0.156. The lowest BCUT2D eigenvalue weighted by atomic mass is 10.3. The number of hydrogen-bond acceptors (Lipinski definition) is 9. The quantitative estimate of drug-likeness (QED) is 0.123. The Morgan fingerprint density at radius 3 is 1.39 bits per heavy atom. The minimum atomic E-state index is -1.79. The van der Waals surface area contributed by atoms with Crippen LogP contribution in [0.5, 0.6) is 0 Å². The number of likely N-dealkylation sites (N-methyl/N-ethyl adjacent to an activating group) is 2. The van der Waals surface area contributed by atoms with E-state index in [4.69, 9.17) is 23.8 Å². The van der Waals surface area contributed by atoms with E-state index in [2.05, 4.69) is 26.2 Å². The van der Waals surface area contributed by atoms with Gasteiger partial charge in [0.1, 0.15) is 0 Å². The number of aliphatic hydroxyl groups is 4. The van der Waals surface area contributed by atoms with Gasteiger partial charge < -0.3 is 43.8 Å². The molecule has 0 saturated heterocycles. The van der Waals surface area contributed by atoms with Crippen molar-refractivity contribution >= 4 is 16.6 Å². The summed E-state index contributed by atoms with van der Waals surface area (Å²) in [5.41, 5.74) is 0. The van der Waals surface area contributed by atoms with Crippen molar-refractivity contribution in [2.24, 2.45) is 0 Å². The Labute approximate surface area is 203 Å². The maximum Gasteiger partial charge on any atom is 0.173 e. The van der Waals surface area contributed by atoms with E-state index in [1.165, 1.54) is 0 Å². The Kier molecular flexibility index (Phi) is 18.4. The third kappa shape index (κ3) is 20.0. The van der Waals surface area contributed by atoms with E-state index >= 15 is 0 Å². The van der Waals surface area contributed by atoms with Crippen LogP contribution in [0, 0.1) is 0 Å². The fraction of sp³-hybridized carbons (Fsp3) is 1.00. The molecule has 0 radical (unpaired) electrons. The third-order valence-corrected chi connectivity index (χ3v) is 12.9. The van der Waals surface area contributed by atoms with Crippen LogP contribution in [0.25, 0.3) is 0 Å². The average Bonchev–Trinajstić information content (AvgIpc) is 2.66. The minimum absolute atomic E-state index is 0.0868. The molecule has 0 aromatic rings. The van der Waals surface area contributed by atoms with Crippen LogP contribution in [0.15, 0.2) is 0 Å². The fourth-order valence-electron chi connectivity index (χ4n) is 3.84. The topological polar surface area (TPSA) is 115 Å². The number of rotatable bonds is 22. The maximum atomic E-state index is 9.98. The van der Waals surface area contributed by atoms with Gasteiger partial charge in [-0.05, 0) is 65.2 Å². The largest absolute Gasteiger partial charge is 0.455 e. The molecule has 0 bridgehead atoms. The predicted octanol–water partition coefficient (Wildman–Crippen LogP) is 0.797. The van der Waals surface area contributed by atoms with Gasteiger partial charge in [-0.3, -0.25) is 0 Å². The van der Waals surface area contributed by atoms with Crippen molar-refractivity contribution in [1.29, 1.82) is 0 Å². The van der Waals surface area contributed by atoms with Gasteiger partial charge in [0.25, 0.3) is 0 Å². The molecule has 11 heteroatoms. The molecule has 2 unspecified atom stereocenters. The van der Waals surface area contributed by atoms with Crippen LogP contribution in [0.2, 0.25) is 38.3 Å². The van der Waals surface area contributed by atoms with Crippen LogP contribution in [0.3, 0.4) is 0 Å². The predicted molar refractivity (Wildman–Crippen MR) is 138 cm³/mol. The van der Waals surface area contributed by atoms with Gasteiger partial charge in [-0.2, -0.15) is 0 Å². The molecule has 0 heterocycles. The lowest BCUT2D eigenvalue weighted by Crippen LogP contribution is -2.44. The van der Waals surface area contributed by atoms with Gasteiger partial charge in [0.05, 0.1) is 38.6 Å². The third-order valence-electron chi connectivity index (χ3n) is 5.32. The number of nitrogens with zero attached hydrogens (tertiary/aromatic N) is 2. The molecule has 0 aliphatic rings. The summed E-state index contributed by atoms with van der Waals surface area (Å²) < 4.78 is 17.9. The molecule has 33 heavy (non-hydrogen) atoms. The highest BCUT2D eigenvalue weighted by atomic mass is 28.4. The minimum Gasteiger partial charge on any atom is -0.455 e. The molecule has 2 atom stereocenters. The Morgan fingerprint density at radius 1 is 0.697 bits per heavy atom. The highest BCUT2D eigenvalue weighted by Gasteiger charge is 2.32. The van der Waals surface area contributed by atoms with Crippen LogP contribution < -0.4 is 0 Å². The molecular weight excluding hydrogens is 460 g/mol.